The molecule has 0 bridgehead atoms. The van der Waals surface area contributed by atoms with E-state index in [0.29, 0.717) is 0 Å². The third-order valence-corrected chi connectivity index (χ3v) is 11.4. The Hall–Kier alpha value is -2.00. The molecule has 0 radical (unpaired) electrons. The standard InChI is InChI=1S/C26H36O2Si/c1-3-5-7-9-19-29(20-10-8-6-4-2,25-15-11-23(21-27)12-16-25)26-17-13-24(22-28)14-18-26/h11-18,21-22H,3-10,19-20H2,1-2H3. The van der Waals surface area contributed by atoms with Gasteiger partial charge in [0.25, 0.3) is 0 Å². The lowest BCUT2D eigenvalue weighted by Crippen LogP contribution is -2.58. The number of carbonyl (C=O) groups is 2. The van der Waals surface area contributed by atoms with Gasteiger partial charge in [-0.2, -0.15) is 0 Å². The van der Waals surface area contributed by atoms with E-state index in [4.69, 9.17) is 0 Å². The van der Waals surface area contributed by atoms with Crippen LogP contribution in [0.2, 0.25) is 12.1 Å². The van der Waals surface area contributed by atoms with Gasteiger partial charge in [-0.1, -0.05) is 124 Å². The van der Waals surface area contributed by atoms with Crippen LogP contribution in [0.25, 0.3) is 0 Å². The van der Waals surface area contributed by atoms with Crippen molar-refractivity contribution in [2.24, 2.45) is 0 Å². The molecular formula is C26H36O2Si. The zero-order valence-corrected chi connectivity index (χ0v) is 19.2. The molecule has 0 N–H and O–H groups in total. The van der Waals surface area contributed by atoms with Crippen molar-refractivity contribution in [2.75, 3.05) is 0 Å². The third kappa shape index (κ3) is 6.50. The summed E-state index contributed by atoms with van der Waals surface area (Å²) in [4.78, 5) is 22.3. The molecular weight excluding hydrogens is 372 g/mol. The lowest BCUT2D eigenvalue weighted by Gasteiger charge is -2.34. The Kier molecular flexibility index (Phi) is 10.1. The largest absolute Gasteiger partial charge is 0.298 e. The molecule has 0 spiro atoms. The summed E-state index contributed by atoms with van der Waals surface area (Å²) in [5, 5.41) is 2.85. The van der Waals surface area contributed by atoms with Gasteiger partial charge >= 0.3 is 0 Å². The lowest BCUT2D eigenvalue weighted by molar-refractivity contribution is 0.111. The summed E-state index contributed by atoms with van der Waals surface area (Å²) in [6.45, 7) is 4.51. The van der Waals surface area contributed by atoms with Crippen LogP contribution in [0.3, 0.4) is 0 Å². The van der Waals surface area contributed by atoms with Crippen LogP contribution in [0, 0.1) is 0 Å². The molecule has 0 amide bonds. The molecule has 0 saturated heterocycles. The van der Waals surface area contributed by atoms with E-state index in [9.17, 15) is 9.59 Å². The van der Waals surface area contributed by atoms with Crippen LogP contribution in [0.1, 0.15) is 85.9 Å². The fourth-order valence-corrected chi connectivity index (χ4v) is 9.39. The van der Waals surface area contributed by atoms with E-state index in [-0.39, 0.29) is 0 Å². The summed E-state index contributed by atoms with van der Waals surface area (Å²) in [5.74, 6) is 0. The Morgan fingerprint density at radius 2 is 0.966 bits per heavy atom. The summed E-state index contributed by atoms with van der Waals surface area (Å²) in [6.07, 6.45) is 12.0. The quantitative estimate of drug-likeness (QED) is 0.217. The van der Waals surface area contributed by atoms with Crippen molar-refractivity contribution >= 4 is 31.0 Å². The van der Waals surface area contributed by atoms with Crippen LogP contribution in [0.15, 0.2) is 48.5 Å². The van der Waals surface area contributed by atoms with Crippen molar-refractivity contribution in [1.82, 2.24) is 0 Å². The zero-order valence-electron chi connectivity index (χ0n) is 18.2. The molecule has 0 heterocycles. The number of unbranched alkanes of at least 4 members (excludes halogenated alkanes) is 6. The minimum atomic E-state index is -1.95. The second kappa shape index (κ2) is 12.5. The maximum Gasteiger partial charge on any atom is 0.150 e. The van der Waals surface area contributed by atoms with E-state index in [1.54, 1.807) is 0 Å². The van der Waals surface area contributed by atoms with Gasteiger partial charge in [-0.25, -0.2) is 0 Å². The minimum Gasteiger partial charge on any atom is -0.298 e. The van der Waals surface area contributed by atoms with E-state index < -0.39 is 8.07 Å². The van der Waals surface area contributed by atoms with Gasteiger partial charge in [-0.15, -0.1) is 0 Å². The number of aldehydes is 2. The molecule has 0 aromatic heterocycles. The highest BCUT2D eigenvalue weighted by molar-refractivity contribution is 7.02. The summed E-state index contributed by atoms with van der Waals surface area (Å²) in [6, 6.07) is 19.2. The second-order valence-corrected chi connectivity index (χ2v) is 12.5. The predicted molar refractivity (Wildman–Crippen MR) is 127 cm³/mol. The van der Waals surface area contributed by atoms with Gasteiger partial charge < -0.3 is 0 Å². The predicted octanol–water partition coefficient (Wildman–Crippen LogP) is 6.04. The van der Waals surface area contributed by atoms with Crippen LogP contribution >= 0.6 is 0 Å². The highest BCUT2D eigenvalue weighted by Gasteiger charge is 2.36. The van der Waals surface area contributed by atoms with Gasteiger partial charge in [0.1, 0.15) is 20.6 Å². The normalized spacial score (nSPS) is 11.4. The number of benzene rings is 2. The number of hydrogen-bond acceptors (Lipinski definition) is 2. The third-order valence-electron chi connectivity index (χ3n) is 6.11. The molecule has 0 aliphatic heterocycles. The molecule has 3 heteroatoms. The maximum atomic E-state index is 11.2. The summed E-state index contributed by atoms with van der Waals surface area (Å²) in [7, 11) is -1.95. The van der Waals surface area contributed by atoms with Crippen molar-refractivity contribution < 1.29 is 9.59 Å². The van der Waals surface area contributed by atoms with Gasteiger partial charge in [-0.3, -0.25) is 9.59 Å². The first kappa shape index (κ1) is 23.3. The van der Waals surface area contributed by atoms with Gasteiger partial charge in [-0.05, 0) is 12.1 Å². The highest BCUT2D eigenvalue weighted by Crippen LogP contribution is 2.24. The fraction of sp³-hybridized carbons (Fsp3) is 0.462. The first-order valence-electron chi connectivity index (χ1n) is 11.3. The Bertz CT molecular complexity index is 669. The Labute approximate surface area is 177 Å². The van der Waals surface area contributed by atoms with Crippen LogP contribution in [-0.2, 0) is 0 Å². The van der Waals surface area contributed by atoms with E-state index in [1.165, 1.54) is 73.8 Å². The van der Waals surface area contributed by atoms with Crippen LogP contribution in [0.4, 0.5) is 0 Å². The molecule has 156 valence electrons. The molecule has 2 aromatic rings. The first-order valence-corrected chi connectivity index (χ1v) is 13.7. The van der Waals surface area contributed by atoms with Crippen molar-refractivity contribution in [3.05, 3.63) is 59.7 Å². The topological polar surface area (TPSA) is 34.1 Å². The first-order chi connectivity index (χ1) is 14.2. The SMILES string of the molecule is CCCCCC[Si](CCCCCC)(c1ccc(C=O)cc1)c1ccc(C=O)cc1. The van der Waals surface area contributed by atoms with E-state index in [2.05, 4.69) is 38.1 Å². The van der Waals surface area contributed by atoms with Gasteiger partial charge in [0.15, 0.2) is 0 Å². The molecule has 0 saturated carbocycles. The molecule has 29 heavy (non-hydrogen) atoms. The van der Waals surface area contributed by atoms with E-state index in [0.717, 1.165) is 23.7 Å². The highest BCUT2D eigenvalue weighted by atomic mass is 28.3. The zero-order chi connectivity index (χ0) is 21.0. The molecule has 0 atom stereocenters. The maximum absolute atomic E-state index is 11.2. The Morgan fingerprint density at radius 3 is 1.28 bits per heavy atom. The summed E-state index contributed by atoms with van der Waals surface area (Å²) >= 11 is 0. The molecule has 0 fully saturated rings. The average Bonchev–Trinajstić information content (AvgIpc) is 2.78. The smallest absolute Gasteiger partial charge is 0.150 e. The van der Waals surface area contributed by atoms with Gasteiger partial charge in [0.2, 0.25) is 0 Å². The van der Waals surface area contributed by atoms with Gasteiger partial charge in [0, 0.05) is 11.1 Å². The Morgan fingerprint density at radius 1 is 0.586 bits per heavy atom. The molecule has 0 aliphatic rings. The molecule has 2 aromatic carbocycles. The van der Waals surface area contributed by atoms with Crippen molar-refractivity contribution in [1.29, 1.82) is 0 Å². The molecule has 2 rings (SSSR count). The van der Waals surface area contributed by atoms with Crippen molar-refractivity contribution in [3.8, 4) is 0 Å². The van der Waals surface area contributed by atoms with Gasteiger partial charge in [0.05, 0.1) is 0 Å². The summed E-state index contributed by atoms with van der Waals surface area (Å²) in [5.41, 5.74) is 1.48. The number of carbonyl (C=O) groups excluding carboxylic acids is 2. The van der Waals surface area contributed by atoms with Crippen molar-refractivity contribution in [3.63, 3.8) is 0 Å². The monoisotopic (exact) mass is 408 g/mol. The van der Waals surface area contributed by atoms with E-state index in [1.807, 2.05) is 24.3 Å². The van der Waals surface area contributed by atoms with Crippen LogP contribution < -0.4 is 10.4 Å². The number of hydrogen-bond donors (Lipinski definition) is 0. The molecule has 0 aliphatic carbocycles. The second-order valence-electron chi connectivity index (χ2n) is 8.18. The number of rotatable bonds is 14. The molecule has 2 nitrogen and oxygen atoms in total. The van der Waals surface area contributed by atoms with Crippen LogP contribution in [0.5, 0.6) is 0 Å². The van der Waals surface area contributed by atoms with Crippen molar-refractivity contribution in [2.45, 2.75) is 77.3 Å². The Balaban J connectivity index is 2.44. The summed E-state index contributed by atoms with van der Waals surface area (Å²) < 4.78 is 0. The molecule has 0 unspecified atom stereocenters. The van der Waals surface area contributed by atoms with Crippen LogP contribution in [-0.4, -0.2) is 20.6 Å². The van der Waals surface area contributed by atoms with E-state index >= 15 is 0 Å². The lowest BCUT2D eigenvalue weighted by atomic mass is 10.2. The fourth-order valence-electron chi connectivity index (χ4n) is 4.34. The minimum absolute atomic E-state index is 0.741. The average molecular weight is 409 g/mol.